The molecule has 0 bridgehead atoms. The van der Waals surface area contributed by atoms with E-state index in [1.807, 2.05) is 0 Å². The zero-order valence-electron chi connectivity index (χ0n) is 11.8. The van der Waals surface area contributed by atoms with Gasteiger partial charge in [0, 0.05) is 6.04 Å². The molecule has 2 fully saturated rings. The Balaban J connectivity index is 1.84. The van der Waals surface area contributed by atoms with E-state index in [0.29, 0.717) is 6.04 Å². The normalized spacial score (nSPS) is 41.1. The minimum Gasteiger partial charge on any atom is -0.327 e. The summed E-state index contributed by atoms with van der Waals surface area (Å²) in [5.74, 6) is 3.61. The van der Waals surface area contributed by atoms with Gasteiger partial charge >= 0.3 is 0 Å². The summed E-state index contributed by atoms with van der Waals surface area (Å²) >= 11 is 0. The molecule has 3 unspecified atom stereocenters. The fraction of sp³-hybridized carbons (Fsp3) is 1.00. The topological polar surface area (TPSA) is 26.0 Å². The Labute approximate surface area is 108 Å². The maximum absolute atomic E-state index is 6.59. The Morgan fingerprint density at radius 1 is 1.00 bits per heavy atom. The first-order valence-corrected chi connectivity index (χ1v) is 7.96. The maximum Gasteiger partial charge on any atom is 0.00957 e. The smallest absolute Gasteiger partial charge is 0.00957 e. The van der Waals surface area contributed by atoms with E-state index in [9.17, 15) is 0 Å². The summed E-state index contributed by atoms with van der Waals surface area (Å²) in [6.07, 6.45) is 12.7. The molecule has 0 amide bonds. The van der Waals surface area contributed by atoms with Crippen LogP contribution in [0, 0.1) is 23.7 Å². The van der Waals surface area contributed by atoms with Gasteiger partial charge in [0.2, 0.25) is 0 Å². The molecule has 0 heterocycles. The summed E-state index contributed by atoms with van der Waals surface area (Å²) in [7, 11) is 0. The van der Waals surface area contributed by atoms with Crippen LogP contribution in [-0.4, -0.2) is 6.04 Å². The van der Waals surface area contributed by atoms with E-state index in [0.717, 1.165) is 23.7 Å². The zero-order chi connectivity index (χ0) is 12.3. The Bertz CT molecular complexity index is 218. The van der Waals surface area contributed by atoms with Gasteiger partial charge in [-0.1, -0.05) is 46.0 Å². The lowest BCUT2D eigenvalue weighted by Crippen LogP contribution is -2.41. The zero-order valence-corrected chi connectivity index (χ0v) is 11.8. The highest BCUT2D eigenvalue weighted by Crippen LogP contribution is 2.38. The SMILES string of the molecule is CCC1CCCC(C(N)C2CCC(C)CC2)C1. The summed E-state index contributed by atoms with van der Waals surface area (Å²) in [6, 6.07) is 0.511. The van der Waals surface area contributed by atoms with Gasteiger partial charge in [0.15, 0.2) is 0 Å². The number of hydrogen-bond donors (Lipinski definition) is 1. The van der Waals surface area contributed by atoms with Gasteiger partial charge in [0.25, 0.3) is 0 Å². The van der Waals surface area contributed by atoms with Gasteiger partial charge in [0.05, 0.1) is 0 Å². The molecule has 100 valence electrons. The van der Waals surface area contributed by atoms with Crippen LogP contribution < -0.4 is 5.73 Å². The van der Waals surface area contributed by atoms with Crippen molar-refractivity contribution in [1.82, 2.24) is 0 Å². The summed E-state index contributed by atoms with van der Waals surface area (Å²) < 4.78 is 0. The minimum atomic E-state index is 0.511. The summed E-state index contributed by atoms with van der Waals surface area (Å²) in [5, 5.41) is 0. The molecule has 0 aromatic rings. The molecule has 0 radical (unpaired) electrons. The maximum atomic E-state index is 6.59. The lowest BCUT2D eigenvalue weighted by Gasteiger charge is -2.38. The Morgan fingerprint density at radius 2 is 1.71 bits per heavy atom. The van der Waals surface area contributed by atoms with E-state index in [4.69, 9.17) is 5.73 Å². The molecule has 0 aromatic carbocycles. The molecule has 17 heavy (non-hydrogen) atoms. The van der Waals surface area contributed by atoms with E-state index in [1.165, 1.54) is 57.8 Å². The molecule has 2 aliphatic carbocycles. The highest BCUT2D eigenvalue weighted by atomic mass is 14.7. The molecule has 1 nitrogen and oxygen atoms in total. The van der Waals surface area contributed by atoms with Crippen molar-refractivity contribution in [2.75, 3.05) is 0 Å². The predicted octanol–water partition coefficient (Wildman–Crippen LogP) is 4.36. The van der Waals surface area contributed by atoms with Crippen LogP contribution in [0.25, 0.3) is 0 Å². The van der Waals surface area contributed by atoms with Crippen LogP contribution in [0.5, 0.6) is 0 Å². The van der Waals surface area contributed by atoms with Crippen LogP contribution in [0.4, 0.5) is 0 Å². The van der Waals surface area contributed by atoms with Crippen LogP contribution >= 0.6 is 0 Å². The molecule has 0 aromatic heterocycles. The monoisotopic (exact) mass is 237 g/mol. The average Bonchev–Trinajstić information content (AvgIpc) is 2.39. The molecule has 2 rings (SSSR count). The molecular weight excluding hydrogens is 206 g/mol. The first-order chi connectivity index (χ1) is 8.20. The fourth-order valence-electron chi connectivity index (χ4n) is 4.11. The third kappa shape index (κ3) is 3.47. The molecule has 0 aliphatic heterocycles. The van der Waals surface area contributed by atoms with Crippen molar-refractivity contribution in [3.05, 3.63) is 0 Å². The molecule has 1 heteroatoms. The predicted molar refractivity (Wildman–Crippen MR) is 74.8 cm³/mol. The van der Waals surface area contributed by atoms with E-state index in [1.54, 1.807) is 0 Å². The number of hydrogen-bond acceptors (Lipinski definition) is 1. The van der Waals surface area contributed by atoms with Gasteiger partial charge in [-0.2, -0.15) is 0 Å². The summed E-state index contributed by atoms with van der Waals surface area (Å²) in [5.41, 5.74) is 6.59. The van der Waals surface area contributed by atoms with Crippen molar-refractivity contribution >= 4 is 0 Å². The largest absolute Gasteiger partial charge is 0.327 e. The van der Waals surface area contributed by atoms with Gasteiger partial charge in [0.1, 0.15) is 0 Å². The average molecular weight is 237 g/mol. The Morgan fingerprint density at radius 3 is 2.35 bits per heavy atom. The highest BCUT2D eigenvalue weighted by molar-refractivity contribution is 4.86. The molecule has 2 N–H and O–H groups in total. The van der Waals surface area contributed by atoms with Gasteiger partial charge < -0.3 is 5.73 Å². The highest BCUT2D eigenvalue weighted by Gasteiger charge is 2.32. The second-order valence-corrected chi connectivity index (χ2v) is 6.80. The second-order valence-electron chi connectivity index (χ2n) is 6.80. The lowest BCUT2D eigenvalue weighted by atomic mass is 9.70. The van der Waals surface area contributed by atoms with E-state index >= 15 is 0 Å². The third-order valence-electron chi connectivity index (χ3n) is 5.55. The Kier molecular flexibility index (Phi) is 4.90. The third-order valence-corrected chi connectivity index (χ3v) is 5.55. The molecule has 2 saturated carbocycles. The fourth-order valence-corrected chi connectivity index (χ4v) is 4.11. The van der Waals surface area contributed by atoms with Crippen molar-refractivity contribution < 1.29 is 0 Å². The van der Waals surface area contributed by atoms with Gasteiger partial charge in [-0.25, -0.2) is 0 Å². The molecule has 2 aliphatic rings. The van der Waals surface area contributed by atoms with Gasteiger partial charge in [-0.05, 0) is 49.4 Å². The lowest BCUT2D eigenvalue weighted by molar-refractivity contribution is 0.158. The van der Waals surface area contributed by atoms with Crippen molar-refractivity contribution in [2.24, 2.45) is 29.4 Å². The van der Waals surface area contributed by atoms with Crippen LogP contribution in [0.15, 0.2) is 0 Å². The first-order valence-electron chi connectivity index (χ1n) is 7.96. The number of nitrogens with two attached hydrogens (primary N) is 1. The van der Waals surface area contributed by atoms with Crippen LogP contribution in [-0.2, 0) is 0 Å². The molecule has 0 saturated heterocycles. The summed E-state index contributed by atoms with van der Waals surface area (Å²) in [4.78, 5) is 0. The molecule has 3 atom stereocenters. The standard InChI is InChI=1S/C16H31N/c1-3-13-5-4-6-15(11-13)16(17)14-9-7-12(2)8-10-14/h12-16H,3-11,17H2,1-2H3. The van der Waals surface area contributed by atoms with Gasteiger partial charge in [-0.15, -0.1) is 0 Å². The van der Waals surface area contributed by atoms with Crippen LogP contribution in [0.3, 0.4) is 0 Å². The number of rotatable bonds is 3. The summed E-state index contributed by atoms with van der Waals surface area (Å²) in [6.45, 7) is 4.75. The van der Waals surface area contributed by atoms with E-state index in [2.05, 4.69) is 13.8 Å². The van der Waals surface area contributed by atoms with Crippen molar-refractivity contribution in [2.45, 2.75) is 77.7 Å². The molecular formula is C16H31N. The van der Waals surface area contributed by atoms with Crippen molar-refractivity contribution in [3.63, 3.8) is 0 Å². The second kappa shape index (κ2) is 6.22. The van der Waals surface area contributed by atoms with Crippen molar-refractivity contribution in [1.29, 1.82) is 0 Å². The van der Waals surface area contributed by atoms with Crippen LogP contribution in [0.1, 0.15) is 71.6 Å². The molecule has 0 spiro atoms. The first kappa shape index (κ1) is 13.4. The van der Waals surface area contributed by atoms with Crippen molar-refractivity contribution in [3.8, 4) is 0 Å². The van der Waals surface area contributed by atoms with E-state index in [-0.39, 0.29) is 0 Å². The van der Waals surface area contributed by atoms with E-state index < -0.39 is 0 Å². The minimum absolute atomic E-state index is 0.511. The quantitative estimate of drug-likeness (QED) is 0.775. The van der Waals surface area contributed by atoms with Gasteiger partial charge in [-0.3, -0.25) is 0 Å². The Hall–Kier alpha value is -0.0400. The van der Waals surface area contributed by atoms with Crippen LogP contribution in [0.2, 0.25) is 0 Å².